The Morgan fingerprint density at radius 1 is 1.39 bits per heavy atom. The van der Waals surface area contributed by atoms with E-state index >= 15 is 0 Å². The van der Waals surface area contributed by atoms with E-state index in [1.54, 1.807) is 6.26 Å². The van der Waals surface area contributed by atoms with E-state index in [9.17, 15) is 4.79 Å². The highest BCUT2D eigenvalue weighted by molar-refractivity contribution is 5.77. The second-order valence-corrected chi connectivity index (χ2v) is 7.30. The van der Waals surface area contributed by atoms with Gasteiger partial charge < -0.3 is 14.1 Å². The van der Waals surface area contributed by atoms with Gasteiger partial charge in [-0.2, -0.15) is 0 Å². The molecule has 5 nitrogen and oxygen atoms in total. The van der Waals surface area contributed by atoms with Crippen molar-refractivity contribution in [3.8, 4) is 0 Å². The maximum atomic E-state index is 12.7. The van der Waals surface area contributed by atoms with Crippen LogP contribution in [0.25, 0.3) is 0 Å². The highest BCUT2D eigenvalue weighted by Gasteiger charge is 2.47. The van der Waals surface area contributed by atoms with Crippen LogP contribution in [0.2, 0.25) is 0 Å². The highest BCUT2D eigenvalue weighted by Crippen LogP contribution is 2.36. The average molecular weight is 318 g/mol. The molecule has 1 amide bonds. The molecule has 1 aromatic rings. The van der Waals surface area contributed by atoms with Crippen LogP contribution in [-0.2, 0) is 16.1 Å². The average Bonchev–Trinajstić information content (AvgIpc) is 3.08. The number of rotatable bonds is 5. The zero-order valence-corrected chi connectivity index (χ0v) is 13.8. The van der Waals surface area contributed by atoms with Crippen LogP contribution in [0, 0.1) is 5.92 Å². The third-order valence-corrected chi connectivity index (χ3v) is 5.53. The summed E-state index contributed by atoms with van der Waals surface area (Å²) in [6.07, 6.45) is 7.18. The van der Waals surface area contributed by atoms with Gasteiger partial charge in [-0.15, -0.1) is 0 Å². The van der Waals surface area contributed by atoms with Crippen molar-refractivity contribution in [3.05, 3.63) is 24.2 Å². The van der Waals surface area contributed by atoms with E-state index in [0.29, 0.717) is 11.8 Å². The van der Waals surface area contributed by atoms with Crippen molar-refractivity contribution >= 4 is 5.91 Å². The van der Waals surface area contributed by atoms with Gasteiger partial charge in [-0.3, -0.25) is 9.69 Å². The lowest BCUT2D eigenvalue weighted by molar-refractivity contribution is -0.135. The Balaban J connectivity index is 1.46. The number of carbonyl (C=O) groups excluding carboxylic acids is 1. The Hall–Kier alpha value is -1.33. The summed E-state index contributed by atoms with van der Waals surface area (Å²) in [5.41, 5.74) is 0. The molecule has 0 aromatic carbocycles. The summed E-state index contributed by atoms with van der Waals surface area (Å²) in [6, 6.07) is 4.44. The lowest BCUT2D eigenvalue weighted by atomic mass is 10.00. The normalized spacial score (nSPS) is 30.7. The first-order valence-electron chi connectivity index (χ1n) is 8.86. The van der Waals surface area contributed by atoms with Crippen molar-refractivity contribution in [2.75, 3.05) is 20.2 Å². The lowest BCUT2D eigenvalue weighted by Gasteiger charge is -2.34. The van der Waals surface area contributed by atoms with Gasteiger partial charge in [0.25, 0.3) is 0 Å². The van der Waals surface area contributed by atoms with Gasteiger partial charge >= 0.3 is 0 Å². The van der Waals surface area contributed by atoms with Crippen LogP contribution in [0.3, 0.4) is 0 Å². The van der Waals surface area contributed by atoms with E-state index in [1.807, 2.05) is 12.1 Å². The topological polar surface area (TPSA) is 45.9 Å². The number of furan rings is 1. The van der Waals surface area contributed by atoms with Gasteiger partial charge in [-0.1, -0.05) is 0 Å². The molecule has 3 heterocycles. The predicted octanol–water partition coefficient (Wildman–Crippen LogP) is 2.27. The molecule has 2 saturated heterocycles. The van der Waals surface area contributed by atoms with Crippen molar-refractivity contribution in [3.63, 3.8) is 0 Å². The van der Waals surface area contributed by atoms with E-state index in [1.165, 1.54) is 12.8 Å². The van der Waals surface area contributed by atoms with E-state index in [-0.39, 0.29) is 18.2 Å². The van der Waals surface area contributed by atoms with E-state index in [4.69, 9.17) is 9.15 Å². The van der Waals surface area contributed by atoms with Crippen molar-refractivity contribution < 1.29 is 13.9 Å². The summed E-state index contributed by atoms with van der Waals surface area (Å²) >= 11 is 0. The standard InChI is InChI=1S/C18H26N2O3/c1-19(11-14-4-2-8-22-14)16-12-20(17(21)10-13-6-7-13)15-5-3-9-23-18(15)16/h2,4,8,13,15-16,18H,3,5-7,9-12H2,1H3/t15-,16-,18+/m1/s1. The van der Waals surface area contributed by atoms with E-state index in [2.05, 4.69) is 16.8 Å². The van der Waals surface area contributed by atoms with E-state index in [0.717, 1.165) is 44.7 Å². The fraction of sp³-hybridized carbons (Fsp3) is 0.722. The highest BCUT2D eigenvalue weighted by atomic mass is 16.5. The Morgan fingerprint density at radius 2 is 2.26 bits per heavy atom. The number of hydrogen-bond acceptors (Lipinski definition) is 4. The molecule has 0 radical (unpaired) electrons. The second-order valence-electron chi connectivity index (χ2n) is 7.30. The molecule has 3 fully saturated rings. The van der Waals surface area contributed by atoms with Crippen LogP contribution in [0.1, 0.15) is 37.9 Å². The summed E-state index contributed by atoms with van der Waals surface area (Å²) in [4.78, 5) is 17.1. The van der Waals surface area contributed by atoms with Gasteiger partial charge in [0.2, 0.25) is 5.91 Å². The maximum Gasteiger partial charge on any atom is 0.223 e. The fourth-order valence-corrected chi connectivity index (χ4v) is 4.06. The minimum absolute atomic E-state index is 0.145. The lowest BCUT2D eigenvalue weighted by Crippen LogP contribution is -2.46. The minimum Gasteiger partial charge on any atom is -0.468 e. The van der Waals surface area contributed by atoms with E-state index < -0.39 is 0 Å². The Labute approximate surface area is 137 Å². The molecule has 1 aliphatic carbocycles. The summed E-state index contributed by atoms with van der Waals surface area (Å²) in [6.45, 7) is 2.36. The Kier molecular flexibility index (Phi) is 4.16. The van der Waals surface area contributed by atoms with Gasteiger partial charge in [0.05, 0.1) is 31.0 Å². The van der Waals surface area contributed by atoms with Crippen molar-refractivity contribution in [2.24, 2.45) is 5.92 Å². The number of hydrogen-bond donors (Lipinski definition) is 0. The molecule has 2 aliphatic heterocycles. The molecule has 0 unspecified atom stereocenters. The molecule has 126 valence electrons. The van der Waals surface area contributed by atoms with Crippen molar-refractivity contribution in [1.82, 2.24) is 9.80 Å². The molecule has 3 atom stereocenters. The van der Waals surface area contributed by atoms with Crippen LogP contribution in [0.5, 0.6) is 0 Å². The number of carbonyl (C=O) groups is 1. The fourth-order valence-electron chi connectivity index (χ4n) is 4.06. The van der Waals surface area contributed by atoms with Crippen LogP contribution in [0.4, 0.5) is 0 Å². The molecule has 1 aromatic heterocycles. The SMILES string of the molecule is CN(Cc1ccco1)[C@@H]1CN(C(=O)CC2CC2)[C@@H]2CCCO[C@H]12. The van der Waals surface area contributed by atoms with Gasteiger partial charge in [0, 0.05) is 19.6 Å². The van der Waals surface area contributed by atoms with Crippen LogP contribution in [-0.4, -0.2) is 54.1 Å². The van der Waals surface area contributed by atoms with Gasteiger partial charge in [-0.25, -0.2) is 0 Å². The molecule has 23 heavy (non-hydrogen) atoms. The summed E-state index contributed by atoms with van der Waals surface area (Å²) in [5, 5.41) is 0. The number of ether oxygens (including phenoxy) is 1. The summed E-state index contributed by atoms with van der Waals surface area (Å²) < 4.78 is 11.6. The minimum atomic E-state index is 0.145. The Bertz CT molecular complexity index is 540. The van der Waals surface area contributed by atoms with Crippen LogP contribution < -0.4 is 0 Å². The zero-order chi connectivity index (χ0) is 15.8. The molecule has 0 N–H and O–H groups in total. The molecule has 3 aliphatic rings. The monoisotopic (exact) mass is 318 g/mol. The molecule has 5 heteroatoms. The number of likely N-dealkylation sites (tertiary alicyclic amines) is 1. The summed E-state index contributed by atoms with van der Waals surface area (Å²) in [7, 11) is 2.11. The van der Waals surface area contributed by atoms with Crippen molar-refractivity contribution in [2.45, 2.75) is 56.8 Å². The number of likely N-dealkylation sites (N-methyl/N-ethyl adjacent to an activating group) is 1. The maximum absolute atomic E-state index is 12.7. The number of fused-ring (bicyclic) bond motifs is 1. The van der Waals surface area contributed by atoms with Gasteiger partial charge in [0.1, 0.15) is 5.76 Å². The number of amides is 1. The second kappa shape index (κ2) is 6.29. The van der Waals surface area contributed by atoms with Crippen LogP contribution in [0.15, 0.2) is 22.8 Å². The first-order valence-corrected chi connectivity index (χ1v) is 8.86. The molecule has 0 bridgehead atoms. The summed E-state index contributed by atoms with van der Waals surface area (Å²) in [5.74, 6) is 1.94. The van der Waals surface area contributed by atoms with Gasteiger partial charge in [-0.05, 0) is 50.8 Å². The predicted molar refractivity (Wildman–Crippen MR) is 85.8 cm³/mol. The quantitative estimate of drug-likeness (QED) is 0.835. The molecule has 1 saturated carbocycles. The molecular formula is C18H26N2O3. The first kappa shape index (κ1) is 15.2. The third kappa shape index (κ3) is 3.17. The largest absolute Gasteiger partial charge is 0.468 e. The molecular weight excluding hydrogens is 292 g/mol. The van der Waals surface area contributed by atoms with Crippen molar-refractivity contribution in [1.29, 1.82) is 0 Å². The third-order valence-electron chi connectivity index (χ3n) is 5.53. The van der Waals surface area contributed by atoms with Gasteiger partial charge in [0.15, 0.2) is 0 Å². The zero-order valence-electron chi connectivity index (χ0n) is 13.8. The smallest absolute Gasteiger partial charge is 0.223 e. The molecule has 0 spiro atoms. The first-order chi connectivity index (χ1) is 11.2. The van der Waals surface area contributed by atoms with Crippen LogP contribution >= 0.6 is 0 Å². The number of nitrogens with zero attached hydrogens (tertiary/aromatic N) is 2. The molecule has 4 rings (SSSR count). The Morgan fingerprint density at radius 3 is 3.00 bits per heavy atom.